The molecule has 0 radical (unpaired) electrons. The second-order valence-electron chi connectivity index (χ2n) is 4.01. The Balaban J connectivity index is 0.000000383. The molecule has 0 aromatic heterocycles. The van der Waals surface area contributed by atoms with Gasteiger partial charge in [-0.25, -0.2) is 8.42 Å². The van der Waals surface area contributed by atoms with Gasteiger partial charge in [-0.1, -0.05) is 35.9 Å². The molecule has 2 aromatic rings. The Morgan fingerprint density at radius 2 is 1.10 bits per heavy atom. The summed E-state index contributed by atoms with van der Waals surface area (Å²) in [6, 6.07) is 15.3. The van der Waals surface area contributed by atoms with Crippen LogP contribution in [0.5, 0.6) is 0 Å². The smallest absolute Gasteiger partial charge is 0.219 e. The zero-order valence-electron chi connectivity index (χ0n) is 10.9. The van der Waals surface area contributed by atoms with Gasteiger partial charge in [0, 0.05) is 21.4 Å². The van der Waals surface area contributed by atoms with E-state index in [4.69, 9.17) is 8.42 Å². The highest BCUT2D eigenvalue weighted by molar-refractivity contribution is 8.31. The first-order chi connectivity index (χ1) is 9.60. The van der Waals surface area contributed by atoms with E-state index in [9.17, 15) is 8.42 Å². The maximum Gasteiger partial charge on any atom is 0.317 e. The fourth-order valence-corrected chi connectivity index (χ4v) is 2.74. The molecule has 0 unspecified atom stereocenters. The van der Waals surface area contributed by atoms with Crippen molar-refractivity contribution in [2.45, 2.75) is 16.7 Å². The molecule has 4 nitrogen and oxygen atoms in total. The molecule has 0 aliphatic heterocycles. The van der Waals surface area contributed by atoms with Gasteiger partial charge in [0.2, 0.25) is 9.84 Å². The standard InChI is InChI=1S/C13H12O2S.Cl2O2S/c1-11-7-9-13(10-8-11)16(14,15)12-5-3-2-4-6-12;1-5(2,3)4/h2-10H,1H3;. The molecular weight excluding hydrogens is 355 g/mol. The van der Waals surface area contributed by atoms with Gasteiger partial charge in [0.25, 0.3) is 0 Å². The molecule has 0 aliphatic carbocycles. The molecule has 0 aliphatic rings. The number of aryl methyl sites for hydroxylation is 1. The first kappa shape index (κ1) is 18.0. The lowest BCUT2D eigenvalue weighted by molar-refractivity contribution is 0.596. The first-order valence-corrected chi connectivity index (χ1v) is 10.2. The molecular formula is C13H12Cl2O4S2. The summed E-state index contributed by atoms with van der Waals surface area (Å²) in [7, 11) is 1.46. The zero-order chi connectivity index (χ0) is 16.1. The van der Waals surface area contributed by atoms with Crippen LogP contribution in [0.1, 0.15) is 5.56 Å². The van der Waals surface area contributed by atoms with Crippen LogP contribution >= 0.6 is 21.4 Å². The lowest BCUT2D eigenvalue weighted by atomic mass is 10.2. The van der Waals surface area contributed by atoms with Crippen LogP contribution < -0.4 is 0 Å². The predicted molar refractivity (Wildman–Crippen MR) is 83.7 cm³/mol. The van der Waals surface area contributed by atoms with Crippen molar-refractivity contribution < 1.29 is 16.8 Å². The topological polar surface area (TPSA) is 68.3 Å². The van der Waals surface area contributed by atoms with Crippen LogP contribution in [0.3, 0.4) is 0 Å². The van der Waals surface area contributed by atoms with Crippen LogP contribution in [0.2, 0.25) is 0 Å². The molecule has 0 amide bonds. The number of hydrogen-bond acceptors (Lipinski definition) is 4. The van der Waals surface area contributed by atoms with Crippen molar-refractivity contribution in [3.8, 4) is 0 Å². The molecule has 8 heteroatoms. The zero-order valence-corrected chi connectivity index (χ0v) is 14.0. The van der Waals surface area contributed by atoms with E-state index >= 15 is 0 Å². The van der Waals surface area contributed by atoms with Gasteiger partial charge in [-0.2, -0.15) is 8.42 Å². The second kappa shape index (κ2) is 7.26. The highest BCUT2D eigenvalue weighted by Crippen LogP contribution is 2.20. The van der Waals surface area contributed by atoms with E-state index in [1.807, 2.05) is 6.92 Å². The minimum absolute atomic E-state index is 0.332. The largest absolute Gasteiger partial charge is 0.317 e. The number of benzene rings is 2. The fraction of sp³-hybridized carbons (Fsp3) is 0.0769. The van der Waals surface area contributed by atoms with Crippen LogP contribution in [-0.2, 0) is 18.1 Å². The number of sulfone groups is 1. The van der Waals surface area contributed by atoms with Gasteiger partial charge in [0.1, 0.15) is 0 Å². The second-order valence-corrected chi connectivity index (χ2v) is 9.63. The van der Waals surface area contributed by atoms with Crippen molar-refractivity contribution in [1.82, 2.24) is 0 Å². The van der Waals surface area contributed by atoms with Crippen molar-refractivity contribution >= 4 is 39.5 Å². The summed E-state index contributed by atoms with van der Waals surface area (Å²) in [6.07, 6.45) is 0. The Bertz CT molecular complexity index is 776. The lowest BCUT2D eigenvalue weighted by Crippen LogP contribution is -2.01. The Kier molecular flexibility index (Phi) is 6.22. The van der Waals surface area contributed by atoms with Gasteiger partial charge in [-0.05, 0) is 31.2 Å². The molecule has 0 spiro atoms. The fourth-order valence-electron chi connectivity index (χ4n) is 1.45. The monoisotopic (exact) mass is 366 g/mol. The predicted octanol–water partition coefficient (Wildman–Crippen LogP) is 3.54. The molecule has 21 heavy (non-hydrogen) atoms. The van der Waals surface area contributed by atoms with Gasteiger partial charge in [0.15, 0.2) is 0 Å². The minimum atomic E-state index is -3.72. The molecule has 0 N–H and O–H groups in total. The summed E-state index contributed by atoms with van der Waals surface area (Å²) in [5.41, 5.74) is 1.05. The number of rotatable bonds is 2. The Labute approximate surface area is 133 Å². The molecule has 0 bridgehead atoms. The van der Waals surface area contributed by atoms with E-state index in [1.54, 1.807) is 54.6 Å². The van der Waals surface area contributed by atoms with Crippen molar-refractivity contribution in [1.29, 1.82) is 0 Å². The van der Waals surface area contributed by atoms with E-state index in [0.29, 0.717) is 9.79 Å². The molecule has 2 aromatic carbocycles. The summed E-state index contributed by atoms with van der Waals surface area (Å²) in [6.45, 7) is 1.93. The third-order valence-electron chi connectivity index (χ3n) is 2.38. The van der Waals surface area contributed by atoms with Crippen LogP contribution in [-0.4, -0.2) is 16.8 Å². The summed E-state index contributed by atoms with van der Waals surface area (Å²) in [5.74, 6) is 0. The van der Waals surface area contributed by atoms with Crippen LogP contribution in [0.25, 0.3) is 0 Å². The van der Waals surface area contributed by atoms with Gasteiger partial charge in [0.05, 0.1) is 9.79 Å². The van der Waals surface area contributed by atoms with Crippen LogP contribution in [0.4, 0.5) is 0 Å². The maximum absolute atomic E-state index is 12.1. The van der Waals surface area contributed by atoms with Gasteiger partial charge in [-0.15, -0.1) is 0 Å². The SMILES string of the molecule is Cc1ccc(S(=O)(=O)c2ccccc2)cc1.O=S(=O)(Cl)Cl. The quantitative estimate of drug-likeness (QED) is 0.762. The van der Waals surface area contributed by atoms with Gasteiger partial charge < -0.3 is 0 Å². The molecule has 0 saturated carbocycles. The normalized spacial score (nSPS) is 11.4. The average molecular weight is 367 g/mol. The van der Waals surface area contributed by atoms with Crippen LogP contribution in [0.15, 0.2) is 64.4 Å². The first-order valence-electron chi connectivity index (χ1n) is 5.62. The average Bonchev–Trinajstić information content (AvgIpc) is 2.38. The van der Waals surface area contributed by atoms with E-state index in [2.05, 4.69) is 21.4 Å². The lowest BCUT2D eigenvalue weighted by Gasteiger charge is -2.04. The molecule has 0 atom stereocenters. The van der Waals surface area contributed by atoms with Gasteiger partial charge in [-0.3, -0.25) is 0 Å². The van der Waals surface area contributed by atoms with Crippen molar-refractivity contribution in [3.05, 3.63) is 60.2 Å². The molecule has 0 heterocycles. The van der Waals surface area contributed by atoms with E-state index in [-0.39, 0.29) is 0 Å². The van der Waals surface area contributed by atoms with Gasteiger partial charge >= 0.3 is 8.26 Å². The van der Waals surface area contributed by atoms with E-state index in [0.717, 1.165) is 5.56 Å². The van der Waals surface area contributed by atoms with Crippen molar-refractivity contribution in [3.63, 3.8) is 0 Å². The van der Waals surface area contributed by atoms with Crippen molar-refractivity contribution in [2.24, 2.45) is 0 Å². The Morgan fingerprint density at radius 3 is 1.52 bits per heavy atom. The summed E-state index contributed by atoms with van der Waals surface area (Å²) < 4.78 is 42.6. The highest BCUT2D eigenvalue weighted by Gasteiger charge is 2.16. The molecule has 2 rings (SSSR count). The summed E-state index contributed by atoms with van der Waals surface area (Å²) >= 11 is 0. The molecule has 114 valence electrons. The maximum atomic E-state index is 12.1. The Morgan fingerprint density at radius 1 is 0.714 bits per heavy atom. The van der Waals surface area contributed by atoms with Crippen molar-refractivity contribution in [2.75, 3.05) is 0 Å². The molecule has 0 fully saturated rings. The molecule has 0 saturated heterocycles. The summed E-state index contributed by atoms with van der Waals surface area (Å²) in [5, 5.41) is 0. The van der Waals surface area contributed by atoms with Crippen LogP contribution in [0, 0.1) is 6.92 Å². The highest BCUT2D eigenvalue weighted by atomic mass is 36.0. The van der Waals surface area contributed by atoms with E-state index in [1.165, 1.54) is 0 Å². The number of halogens is 2. The van der Waals surface area contributed by atoms with E-state index < -0.39 is 18.1 Å². The summed E-state index contributed by atoms with van der Waals surface area (Å²) in [4.78, 5) is 0.670. The third kappa shape index (κ3) is 6.48. The Hall–Kier alpha value is -1.08. The number of hydrogen-bond donors (Lipinski definition) is 0. The minimum Gasteiger partial charge on any atom is -0.219 e. The third-order valence-corrected chi connectivity index (χ3v) is 4.17.